The fourth-order valence-electron chi connectivity index (χ4n) is 2.00. The molecule has 1 aromatic carbocycles. The number of thiophene rings is 1. The van der Waals surface area contributed by atoms with Gasteiger partial charge < -0.3 is 14.8 Å². The molecule has 3 nitrogen and oxygen atoms in total. The van der Waals surface area contributed by atoms with E-state index in [0.29, 0.717) is 0 Å². The number of anilines is 1. The summed E-state index contributed by atoms with van der Waals surface area (Å²) in [5.41, 5.74) is 2.37. The molecule has 2 rings (SSSR count). The van der Waals surface area contributed by atoms with Crippen molar-refractivity contribution in [3.05, 3.63) is 39.6 Å². The van der Waals surface area contributed by atoms with Gasteiger partial charge >= 0.3 is 0 Å². The van der Waals surface area contributed by atoms with E-state index >= 15 is 0 Å². The molecule has 0 aliphatic rings. The zero-order valence-corrected chi connectivity index (χ0v) is 12.6. The summed E-state index contributed by atoms with van der Waals surface area (Å²) in [5, 5.41) is 3.41. The van der Waals surface area contributed by atoms with Crippen molar-refractivity contribution in [3.8, 4) is 11.5 Å². The summed E-state index contributed by atoms with van der Waals surface area (Å²) in [6, 6.07) is 8.09. The fourth-order valence-corrected chi connectivity index (χ4v) is 2.95. The summed E-state index contributed by atoms with van der Waals surface area (Å²) >= 11 is 1.83. The summed E-state index contributed by atoms with van der Waals surface area (Å²) in [7, 11) is 3.29. The van der Waals surface area contributed by atoms with Crippen LogP contribution < -0.4 is 14.8 Å². The Kier molecular flexibility index (Phi) is 4.32. The number of rotatable bonds is 5. The topological polar surface area (TPSA) is 30.5 Å². The fraction of sp³-hybridized carbons (Fsp3) is 0.333. The summed E-state index contributed by atoms with van der Waals surface area (Å²) in [6.07, 6.45) is 0. The Hall–Kier alpha value is -1.68. The van der Waals surface area contributed by atoms with Crippen LogP contribution in [0.2, 0.25) is 0 Å². The third-order valence-electron chi connectivity index (χ3n) is 3.01. The SMILES string of the molecule is COc1ccc(NCc2cc(C)sc2C)cc1OC. The molecule has 2 aromatic rings. The molecule has 1 N–H and O–H groups in total. The number of ether oxygens (including phenoxy) is 2. The lowest BCUT2D eigenvalue weighted by molar-refractivity contribution is 0.355. The van der Waals surface area contributed by atoms with Gasteiger partial charge in [0.1, 0.15) is 0 Å². The smallest absolute Gasteiger partial charge is 0.162 e. The van der Waals surface area contributed by atoms with Crippen LogP contribution in [0.1, 0.15) is 15.3 Å². The summed E-state index contributed by atoms with van der Waals surface area (Å²) in [6.45, 7) is 5.12. The molecule has 0 unspecified atom stereocenters. The molecule has 0 saturated carbocycles. The molecule has 0 fully saturated rings. The first-order chi connectivity index (χ1) is 9.13. The standard InChI is InChI=1S/C15H19NO2S/c1-10-7-12(11(2)19-10)9-16-13-5-6-14(17-3)15(8-13)18-4/h5-8,16H,9H2,1-4H3. The molecule has 1 aromatic heterocycles. The molecule has 0 spiro atoms. The van der Waals surface area contributed by atoms with Crippen molar-refractivity contribution >= 4 is 17.0 Å². The molecular weight excluding hydrogens is 258 g/mol. The number of hydrogen-bond acceptors (Lipinski definition) is 4. The highest BCUT2D eigenvalue weighted by Crippen LogP contribution is 2.30. The minimum atomic E-state index is 0.741. The summed E-state index contributed by atoms with van der Waals surface area (Å²) in [5.74, 6) is 1.49. The lowest BCUT2D eigenvalue weighted by Crippen LogP contribution is -2.00. The first-order valence-corrected chi connectivity index (χ1v) is 6.97. The highest BCUT2D eigenvalue weighted by molar-refractivity contribution is 7.12. The lowest BCUT2D eigenvalue weighted by atomic mass is 10.2. The Balaban J connectivity index is 2.09. The maximum absolute atomic E-state index is 5.29. The molecule has 4 heteroatoms. The van der Waals surface area contributed by atoms with Crippen LogP contribution in [-0.2, 0) is 6.54 Å². The second-order valence-corrected chi connectivity index (χ2v) is 5.82. The van der Waals surface area contributed by atoms with Gasteiger partial charge in [-0.1, -0.05) is 0 Å². The van der Waals surface area contributed by atoms with Crippen molar-refractivity contribution in [2.24, 2.45) is 0 Å². The quantitative estimate of drug-likeness (QED) is 0.896. The molecule has 0 radical (unpaired) electrons. The molecule has 0 atom stereocenters. The maximum atomic E-state index is 5.29. The van der Waals surface area contributed by atoms with Gasteiger partial charge in [0, 0.05) is 28.1 Å². The molecule has 0 bridgehead atoms. The van der Waals surface area contributed by atoms with E-state index in [1.165, 1.54) is 15.3 Å². The zero-order valence-electron chi connectivity index (χ0n) is 11.7. The minimum Gasteiger partial charge on any atom is -0.493 e. The molecule has 0 aliphatic carbocycles. The van der Waals surface area contributed by atoms with Gasteiger partial charge in [0.2, 0.25) is 0 Å². The number of aryl methyl sites for hydroxylation is 2. The highest BCUT2D eigenvalue weighted by atomic mass is 32.1. The highest BCUT2D eigenvalue weighted by Gasteiger charge is 2.06. The molecular formula is C15H19NO2S. The van der Waals surface area contributed by atoms with Crippen LogP contribution in [0.4, 0.5) is 5.69 Å². The van der Waals surface area contributed by atoms with Crippen molar-refractivity contribution in [2.75, 3.05) is 19.5 Å². The monoisotopic (exact) mass is 277 g/mol. The predicted molar refractivity (Wildman–Crippen MR) is 80.7 cm³/mol. The van der Waals surface area contributed by atoms with Gasteiger partial charge in [0.25, 0.3) is 0 Å². The van der Waals surface area contributed by atoms with Crippen molar-refractivity contribution in [1.29, 1.82) is 0 Å². The summed E-state index contributed by atoms with van der Waals surface area (Å²) < 4.78 is 10.5. The van der Waals surface area contributed by atoms with Gasteiger partial charge in [-0.2, -0.15) is 0 Å². The van der Waals surface area contributed by atoms with Crippen molar-refractivity contribution in [3.63, 3.8) is 0 Å². The molecule has 0 saturated heterocycles. The third-order valence-corrected chi connectivity index (χ3v) is 4.02. The maximum Gasteiger partial charge on any atom is 0.162 e. The van der Waals surface area contributed by atoms with Gasteiger partial charge in [0.15, 0.2) is 11.5 Å². The predicted octanol–water partition coefficient (Wildman–Crippen LogP) is 3.99. The second kappa shape index (κ2) is 5.97. The van der Waals surface area contributed by atoms with Crippen molar-refractivity contribution in [2.45, 2.75) is 20.4 Å². The van der Waals surface area contributed by atoms with E-state index in [2.05, 4.69) is 25.2 Å². The van der Waals surface area contributed by atoms with E-state index in [0.717, 1.165) is 23.7 Å². The summed E-state index contributed by atoms with van der Waals surface area (Å²) in [4.78, 5) is 2.71. The Bertz CT molecular complexity index is 563. The molecule has 102 valence electrons. The van der Waals surface area contributed by atoms with E-state index in [4.69, 9.17) is 9.47 Å². The molecule has 0 amide bonds. The molecule has 19 heavy (non-hydrogen) atoms. The van der Waals surface area contributed by atoms with Crippen LogP contribution in [0.25, 0.3) is 0 Å². The normalized spacial score (nSPS) is 10.3. The number of benzene rings is 1. The van der Waals surface area contributed by atoms with Crippen molar-refractivity contribution in [1.82, 2.24) is 0 Å². The molecule has 0 aliphatic heterocycles. The van der Waals surface area contributed by atoms with E-state index in [-0.39, 0.29) is 0 Å². The number of methoxy groups -OCH3 is 2. The average Bonchev–Trinajstić information content (AvgIpc) is 2.74. The van der Waals surface area contributed by atoms with Crippen LogP contribution in [0.3, 0.4) is 0 Å². The minimum absolute atomic E-state index is 0.741. The Morgan fingerprint density at radius 2 is 1.79 bits per heavy atom. The van der Waals surface area contributed by atoms with Gasteiger partial charge in [-0.05, 0) is 37.6 Å². The first kappa shape index (κ1) is 13.7. The van der Waals surface area contributed by atoms with Crippen LogP contribution in [0.15, 0.2) is 24.3 Å². The van der Waals surface area contributed by atoms with E-state index in [9.17, 15) is 0 Å². The number of nitrogens with one attached hydrogen (secondary N) is 1. The second-order valence-electron chi connectivity index (χ2n) is 4.36. The van der Waals surface area contributed by atoms with Crippen LogP contribution in [0, 0.1) is 13.8 Å². The lowest BCUT2D eigenvalue weighted by Gasteiger charge is -2.11. The average molecular weight is 277 g/mol. The van der Waals surface area contributed by atoms with Gasteiger partial charge in [0.05, 0.1) is 14.2 Å². The van der Waals surface area contributed by atoms with Crippen LogP contribution in [0.5, 0.6) is 11.5 Å². The Morgan fingerprint density at radius 1 is 1.05 bits per heavy atom. The first-order valence-electron chi connectivity index (χ1n) is 6.16. The van der Waals surface area contributed by atoms with Gasteiger partial charge in [-0.3, -0.25) is 0 Å². The third kappa shape index (κ3) is 3.20. The van der Waals surface area contributed by atoms with Crippen molar-refractivity contribution < 1.29 is 9.47 Å². The van der Waals surface area contributed by atoms with Gasteiger partial charge in [-0.25, -0.2) is 0 Å². The molecule has 1 heterocycles. The van der Waals surface area contributed by atoms with Gasteiger partial charge in [-0.15, -0.1) is 11.3 Å². The number of hydrogen-bond donors (Lipinski definition) is 1. The van der Waals surface area contributed by atoms with E-state index < -0.39 is 0 Å². The van der Waals surface area contributed by atoms with E-state index in [1.807, 2.05) is 29.5 Å². The zero-order chi connectivity index (χ0) is 13.8. The largest absolute Gasteiger partial charge is 0.493 e. The van der Waals surface area contributed by atoms with Crippen LogP contribution >= 0.6 is 11.3 Å². The Labute approximate surface area is 118 Å². The van der Waals surface area contributed by atoms with E-state index in [1.54, 1.807) is 14.2 Å². The van der Waals surface area contributed by atoms with Crippen LogP contribution in [-0.4, -0.2) is 14.2 Å². The Morgan fingerprint density at radius 3 is 2.37 bits per heavy atom.